The van der Waals surface area contributed by atoms with E-state index < -0.39 is 0 Å². The van der Waals surface area contributed by atoms with Crippen LogP contribution in [0.2, 0.25) is 0 Å². The van der Waals surface area contributed by atoms with E-state index in [0.717, 1.165) is 35.2 Å². The second-order valence-corrected chi connectivity index (χ2v) is 5.44. The van der Waals surface area contributed by atoms with Crippen molar-refractivity contribution in [2.45, 2.75) is 38.1 Å². The van der Waals surface area contributed by atoms with Gasteiger partial charge in [-0.3, -0.25) is 0 Å². The number of methoxy groups -OCH3 is 3. The summed E-state index contributed by atoms with van der Waals surface area (Å²) in [5.74, 6) is 2.93. The van der Waals surface area contributed by atoms with Crippen molar-refractivity contribution in [1.29, 1.82) is 0 Å². The largest absolute Gasteiger partial charge is 0.496 e. The fourth-order valence-corrected chi connectivity index (χ4v) is 3.12. The summed E-state index contributed by atoms with van der Waals surface area (Å²) in [6, 6.07) is 3.67. The zero-order valence-corrected chi connectivity index (χ0v) is 12.6. The second kappa shape index (κ2) is 6.84. The van der Waals surface area contributed by atoms with Crippen molar-refractivity contribution in [3.8, 4) is 17.2 Å². The maximum absolute atomic E-state index is 6.42. The number of ether oxygens (including phenoxy) is 3. The van der Waals surface area contributed by atoms with Crippen LogP contribution in [0.25, 0.3) is 0 Å². The second-order valence-electron chi connectivity index (χ2n) is 5.44. The first-order valence-corrected chi connectivity index (χ1v) is 7.25. The molecule has 1 unspecified atom stereocenters. The molecule has 1 aromatic rings. The molecule has 1 aromatic carbocycles. The highest BCUT2D eigenvalue weighted by Gasteiger charge is 2.24. The van der Waals surface area contributed by atoms with Crippen molar-refractivity contribution >= 4 is 0 Å². The Kier molecular flexibility index (Phi) is 5.12. The Bertz CT molecular complexity index is 416. The number of hydrogen-bond donors (Lipinski definition) is 1. The normalized spacial score (nSPS) is 17.0. The first-order valence-electron chi connectivity index (χ1n) is 7.25. The van der Waals surface area contributed by atoms with E-state index in [9.17, 15) is 0 Å². The molecule has 0 saturated heterocycles. The third-order valence-corrected chi connectivity index (χ3v) is 4.19. The van der Waals surface area contributed by atoms with E-state index in [4.69, 9.17) is 19.9 Å². The van der Waals surface area contributed by atoms with Crippen LogP contribution in [-0.4, -0.2) is 21.3 Å². The van der Waals surface area contributed by atoms with Crippen LogP contribution in [0.4, 0.5) is 0 Å². The van der Waals surface area contributed by atoms with E-state index >= 15 is 0 Å². The molecule has 1 saturated carbocycles. The average molecular weight is 279 g/mol. The number of nitrogens with two attached hydrogens (primary N) is 1. The Balaban J connectivity index is 2.27. The molecule has 0 radical (unpaired) electrons. The Hall–Kier alpha value is -1.42. The lowest BCUT2D eigenvalue weighted by Crippen LogP contribution is -2.16. The van der Waals surface area contributed by atoms with Crippen molar-refractivity contribution in [3.05, 3.63) is 17.7 Å². The van der Waals surface area contributed by atoms with Crippen molar-refractivity contribution < 1.29 is 14.2 Å². The van der Waals surface area contributed by atoms with E-state index in [-0.39, 0.29) is 6.04 Å². The summed E-state index contributed by atoms with van der Waals surface area (Å²) in [5.41, 5.74) is 7.37. The van der Waals surface area contributed by atoms with Gasteiger partial charge < -0.3 is 19.9 Å². The van der Waals surface area contributed by atoms with Gasteiger partial charge in [0.05, 0.1) is 26.9 Å². The van der Waals surface area contributed by atoms with Crippen molar-refractivity contribution in [1.82, 2.24) is 0 Å². The highest BCUT2D eigenvalue weighted by molar-refractivity contribution is 5.52. The van der Waals surface area contributed by atoms with E-state index in [2.05, 4.69) is 0 Å². The molecule has 1 aliphatic rings. The van der Waals surface area contributed by atoms with Crippen molar-refractivity contribution in [3.63, 3.8) is 0 Å². The molecule has 4 nitrogen and oxygen atoms in total. The van der Waals surface area contributed by atoms with Crippen LogP contribution in [0, 0.1) is 5.92 Å². The summed E-state index contributed by atoms with van der Waals surface area (Å²) in [4.78, 5) is 0. The Morgan fingerprint density at radius 1 is 1.05 bits per heavy atom. The number of rotatable bonds is 6. The van der Waals surface area contributed by atoms with Gasteiger partial charge in [-0.2, -0.15) is 0 Å². The molecule has 0 amide bonds. The predicted molar refractivity (Wildman–Crippen MR) is 79.6 cm³/mol. The fourth-order valence-electron chi connectivity index (χ4n) is 3.12. The van der Waals surface area contributed by atoms with Gasteiger partial charge in [0.1, 0.15) is 17.2 Å². The molecular weight excluding hydrogens is 254 g/mol. The molecule has 2 rings (SSSR count). The van der Waals surface area contributed by atoms with E-state index in [1.54, 1.807) is 21.3 Å². The number of benzene rings is 1. The molecule has 0 aliphatic heterocycles. The number of hydrogen-bond acceptors (Lipinski definition) is 4. The van der Waals surface area contributed by atoms with Crippen LogP contribution in [0.5, 0.6) is 17.2 Å². The van der Waals surface area contributed by atoms with Crippen LogP contribution >= 0.6 is 0 Å². The molecule has 0 spiro atoms. The van der Waals surface area contributed by atoms with E-state index in [0.29, 0.717) is 0 Å². The fraction of sp³-hybridized carbons (Fsp3) is 0.625. The molecule has 0 aromatic heterocycles. The molecule has 0 bridgehead atoms. The SMILES string of the molecule is COc1cc(OC)c(C(N)CC2CCCC2)c(OC)c1. The zero-order chi connectivity index (χ0) is 14.5. The predicted octanol–water partition coefficient (Wildman–Crippen LogP) is 3.29. The molecule has 1 atom stereocenters. The van der Waals surface area contributed by atoms with Crippen LogP contribution < -0.4 is 19.9 Å². The van der Waals surface area contributed by atoms with Crippen LogP contribution in [0.3, 0.4) is 0 Å². The van der Waals surface area contributed by atoms with Crippen LogP contribution in [-0.2, 0) is 0 Å². The third-order valence-electron chi connectivity index (χ3n) is 4.19. The van der Waals surface area contributed by atoms with Gasteiger partial charge in [0.2, 0.25) is 0 Å². The lowest BCUT2D eigenvalue weighted by molar-refractivity contribution is 0.355. The van der Waals surface area contributed by atoms with Crippen LogP contribution in [0.15, 0.2) is 12.1 Å². The van der Waals surface area contributed by atoms with Gasteiger partial charge in [-0.15, -0.1) is 0 Å². The molecule has 0 heterocycles. The molecular formula is C16H25NO3. The molecule has 1 fully saturated rings. The summed E-state index contributed by atoms with van der Waals surface area (Å²) in [6.45, 7) is 0. The van der Waals surface area contributed by atoms with Gasteiger partial charge in [0.15, 0.2) is 0 Å². The molecule has 2 N–H and O–H groups in total. The minimum atomic E-state index is -0.0612. The van der Waals surface area contributed by atoms with Gasteiger partial charge >= 0.3 is 0 Å². The summed E-state index contributed by atoms with van der Waals surface area (Å²) in [6.07, 6.45) is 6.21. The highest BCUT2D eigenvalue weighted by atomic mass is 16.5. The lowest BCUT2D eigenvalue weighted by atomic mass is 9.93. The topological polar surface area (TPSA) is 53.7 Å². The van der Waals surface area contributed by atoms with Gasteiger partial charge in [0.25, 0.3) is 0 Å². The smallest absolute Gasteiger partial charge is 0.131 e. The zero-order valence-electron chi connectivity index (χ0n) is 12.6. The Labute approximate surface area is 121 Å². The molecule has 1 aliphatic carbocycles. The van der Waals surface area contributed by atoms with Gasteiger partial charge in [-0.1, -0.05) is 25.7 Å². The molecule has 4 heteroatoms. The lowest BCUT2D eigenvalue weighted by Gasteiger charge is -2.22. The van der Waals surface area contributed by atoms with Crippen molar-refractivity contribution in [2.75, 3.05) is 21.3 Å². The summed E-state index contributed by atoms with van der Waals surface area (Å²) in [7, 11) is 4.94. The Morgan fingerprint density at radius 3 is 2.05 bits per heavy atom. The standard InChI is InChI=1S/C16H25NO3/c1-18-12-9-14(19-2)16(15(10-12)20-3)13(17)8-11-6-4-5-7-11/h9-11,13H,4-8,17H2,1-3H3. The first kappa shape index (κ1) is 15.0. The minimum absolute atomic E-state index is 0.0612. The monoisotopic (exact) mass is 279 g/mol. The summed E-state index contributed by atoms with van der Waals surface area (Å²) in [5, 5.41) is 0. The van der Waals surface area contributed by atoms with Gasteiger partial charge in [-0.05, 0) is 12.3 Å². The van der Waals surface area contributed by atoms with Gasteiger partial charge in [0, 0.05) is 18.2 Å². The highest BCUT2D eigenvalue weighted by Crippen LogP contribution is 2.41. The molecule has 20 heavy (non-hydrogen) atoms. The first-order chi connectivity index (χ1) is 9.69. The third kappa shape index (κ3) is 3.18. The average Bonchev–Trinajstić information content (AvgIpc) is 2.98. The molecule has 112 valence electrons. The van der Waals surface area contributed by atoms with Crippen LogP contribution in [0.1, 0.15) is 43.7 Å². The minimum Gasteiger partial charge on any atom is -0.496 e. The Morgan fingerprint density at radius 2 is 1.60 bits per heavy atom. The summed E-state index contributed by atoms with van der Waals surface area (Å²) < 4.78 is 16.2. The maximum Gasteiger partial charge on any atom is 0.131 e. The van der Waals surface area contributed by atoms with Gasteiger partial charge in [-0.25, -0.2) is 0 Å². The van der Waals surface area contributed by atoms with E-state index in [1.165, 1.54) is 25.7 Å². The van der Waals surface area contributed by atoms with Crippen molar-refractivity contribution in [2.24, 2.45) is 11.7 Å². The van der Waals surface area contributed by atoms with E-state index in [1.807, 2.05) is 12.1 Å². The summed E-state index contributed by atoms with van der Waals surface area (Å²) >= 11 is 0. The maximum atomic E-state index is 6.42. The quantitative estimate of drug-likeness (QED) is 0.868.